The SMILES string of the molecule is CC(C)CN1CCOC(C(=N)N)C1. The minimum Gasteiger partial charge on any atom is -0.385 e. The summed E-state index contributed by atoms with van der Waals surface area (Å²) < 4.78 is 5.36. The van der Waals surface area contributed by atoms with Crippen LogP contribution in [-0.4, -0.2) is 43.1 Å². The van der Waals surface area contributed by atoms with Gasteiger partial charge in [-0.2, -0.15) is 0 Å². The number of rotatable bonds is 3. The Balaban J connectivity index is 2.37. The number of nitrogens with one attached hydrogen (secondary N) is 1. The van der Waals surface area contributed by atoms with Crippen LogP contribution in [0.3, 0.4) is 0 Å². The third kappa shape index (κ3) is 3.32. The fraction of sp³-hybridized carbons (Fsp3) is 0.889. The van der Waals surface area contributed by atoms with Crippen molar-refractivity contribution in [1.29, 1.82) is 5.41 Å². The summed E-state index contributed by atoms with van der Waals surface area (Å²) in [6.07, 6.45) is -0.188. The zero-order valence-electron chi connectivity index (χ0n) is 8.42. The predicted octanol–water partition coefficient (Wildman–Crippen LogP) is 0.279. The molecular weight excluding hydrogens is 166 g/mol. The highest BCUT2D eigenvalue weighted by atomic mass is 16.5. The van der Waals surface area contributed by atoms with Gasteiger partial charge in [0.2, 0.25) is 0 Å². The molecule has 3 N–H and O–H groups in total. The van der Waals surface area contributed by atoms with Gasteiger partial charge in [-0.15, -0.1) is 0 Å². The van der Waals surface area contributed by atoms with Gasteiger partial charge < -0.3 is 10.5 Å². The maximum Gasteiger partial charge on any atom is 0.127 e. The van der Waals surface area contributed by atoms with E-state index in [9.17, 15) is 0 Å². The molecule has 1 aliphatic heterocycles. The summed E-state index contributed by atoms with van der Waals surface area (Å²) in [5.74, 6) is 0.805. The fourth-order valence-corrected chi connectivity index (χ4v) is 1.57. The second kappa shape index (κ2) is 4.58. The van der Waals surface area contributed by atoms with E-state index in [1.54, 1.807) is 0 Å². The van der Waals surface area contributed by atoms with Gasteiger partial charge in [0.25, 0.3) is 0 Å². The normalized spacial score (nSPS) is 25.0. The smallest absolute Gasteiger partial charge is 0.127 e. The molecular formula is C9H19N3O. The first-order valence-electron chi connectivity index (χ1n) is 4.77. The molecule has 0 aromatic carbocycles. The minimum atomic E-state index is -0.188. The lowest BCUT2D eigenvalue weighted by molar-refractivity contribution is 0.00163. The summed E-state index contributed by atoms with van der Waals surface area (Å²) >= 11 is 0. The summed E-state index contributed by atoms with van der Waals surface area (Å²) in [6.45, 7) is 7.87. The largest absolute Gasteiger partial charge is 0.385 e. The number of hydrogen-bond acceptors (Lipinski definition) is 3. The first-order valence-corrected chi connectivity index (χ1v) is 4.77. The van der Waals surface area contributed by atoms with Crippen molar-refractivity contribution in [3.63, 3.8) is 0 Å². The summed E-state index contributed by atoms with van der Waals surface area (Å²) in [6, 6.07) is 0. The monoisotopic (exact) mass is 185 g/mol. The Morgan fingerprint density at radius 2 is 2.38 bits per heavy atom. The van der Waals surface area contributed by atoms with E-state index in [-0.39, 0.29) is 11.9 Å². The minimum absolute atomic E-state index is 0.147. The van der Waals surface area contributed by atoms with Crippen molar-refractivity contribution in [1.82, 2.24) is 4.90 Å². The number of hydrogen-bond donors (Lipinski definition) is 2. The summed E-state index contributed by atoms with van der Waals surface area (Å²) in [5.41, 5.74) is 5.39. The lowest BCUT2D eigenvalue weighted by atomic mass is 10.2. The van der Waals surface area contributed by atoms with Crippen LogP contribution in [0.1, 0.15) is 13.8 Å². The van der Waals surface area contributed by atoms with E-state index < -0.39 is 0 Å². The molecule has 0 spiro atoms. The van der Waals surface area contributed by atoms with E-state index in [1.807, 2.05) is 0 Å². The lowest BCUT2D eigenvalue weighted by Crippen LogP contribution is -2.48. The van der Waals surface area contributed by atoms with Gasteiger partial charge in [0, 0.05) is 19.6 Å². The Kier molecular flexibility index (Phi) is 3.69. The molecule has 1 heterocycles. The molecule has 1 unspecified atom stereocenters. The molecule has 4 heteroatoms. The van der Waals surface area contributed by atoms with E-state index in [2.05, 4.69) is 18.7 Å². The van der Waals surface area contributed by atoms with Crippen LogP contribution in [0, 0.1) is 11.3 Å². The van der Waals surface area contributed by atoms with Gasteiger partial charge in [0.05, 0.1) is 6.61 Å². The number of amidine groups is 1. The van der Waals surface area contributed by atoms with Crippen molar-refractivity contribution in [2.45, 2.75) is 20.0 Å². The van der Waals surface area contributed by atoms with E-state index in [4.69, 9.17) is 15.9 Å². The standard InChI is InChI=1S/C9H19N3O/c1-7(2)5-12-3-4-13-8(6-12)9(10)11/h7-8H,3-6H2,1-2H3,(H3,10,11). The van der Waals surface area contributed by atoms with Crippen LogP contribution < -0.4 is 5.73 Å². The molecule has 0 aromatic heterocycles. The topological polar surface area (TPSA) is 62.3 Å². The number of nitrogens with two attached hydrogens (primary N) is 1. The van der Waals surface area contributed by atoms with Crippen LogP contribution in [0.2, 0.25) is 0 Å². The van der Waals surface area contributed by atoms with Crippen molar-refractivity contribution in [3.8, 4) is 0 Å². The molecule has 1 rings (SSSR count). The lowest BCUT2D eigenvalue weighted by Gasteiger charge is -2.33. The molecule has 0 bridgehead atoms. The van der Waals surface area contributed by atoms with Crippen molar-refractivity contribution in [2.24, 2.45) is 11.7 Å². The van der Waals surface area contributed by atoms with Gasteiger partial charge in [0.1, 0.15) is 11.9 Å². The predicted molar refractivity (Wildman–Crippen MR) is 52.9 cm³/mol. The van der Waals surface area contributed by atoms with Crippen molar-refractivity contribution >= 4 is 5.84 Å². The van der Waals surface area contributed by atoms with Crippen molar-refractivity contribution < 1.29 is 4.74 Å². The highest BCUT2D eigenvalue weighted by Gasteiger charge is 2.22. The Morgan fingerprint density at radius 1 is 1.69 bits per heavy atom. The van der Waals surface area contributed by atoms with E-state index in [0.717, 1.165) is 19.6 Å². The maximum absolute atomic E-state index is 7.29. The molecule has 0 saturated carbocycles. The number of morpholine rings is 1. The molecule has 1 atom stereocenters. The molecule has 0 aliphatic carbocycles. The average Bonchev–Trinajstić information content (AvgIpc) is 2.03. The Morgan fingerprint density at radius 3 is 2.92 bits per heavy atom. The quantitative estimate of drug-likeness (QED) is 0.490. The van der Waals surface area contributed by atoms with Crippen LogP contribution in [-0.2, 0) is 4.74 Å². The Bertz CT molecular complexity index is 182. The first kappa shape index (κ1) is 10.5. The molecule has 1 fully saturated rings. The van der Waals surface area contributed by atoms with Crippen LogP contribution in [0.4, 0.5) is 0 Å². The first-order chi connectivity index (χ1) is 6.09. The second-order valence-corrected chi connectivity index (χ2v) is 3.97. The van der Waals surface area contributed by atoms with E-state index in [1.165, 1.54) is 0 Å². The Hall–Kier alpha value is -0.610. The third-order valence-corrected chi connectivity index (χ3v) is 2.12. The van der Waals surface area contributed by atoms with Gasteiger partial charge in [-0.25, -0.2) is 0 Å². The second-order valence-electron chi connectivity index (χ2n) is 3.97. The van der Waals surface area contributed by atoms with Crippen LogP contribution in [0.15, 0.2) is 0 Å². The van der Waals surface area contributed by atoms with Gasteiger partial charge in [-0.3, -0.25) is 10.3 Å². The van der Waals surface area contributed by atoms with E-state index >= 15 is 0 Å². The van der Waals surface area contributed by atoms with Crippen molar-refractivity contribution in [2.75, 3.05) is 26.2 Å². The zero-order chi connectivity index (χ0) is 9.84. The molecule has 13 heavy (non-hydrogen) atoms. The number of ether oxygens (including phenoxy) is 1. The Labute approximate surface area is 79.6 Å². The highest BCUT2D eigenvalue weighted by Crippen LogP contribution is 2.07. The molecule has 0 aromatic rings. The van der Waals surface area contributed by atoms with Gasteiger partial charge in [-0.05, 0) is 5.92 Å². The van der Waals surface area contributed by atoms with Crippen LogP contribution >= 0.6 is 0 Å². The fourth-order valence-electron chi connectivity index (χ4n) is 1.57. The van der Waals surface area contributed by atoms with Gasteiger partial charge in [-0.1, -0.05) is 13.8 Å². The zero-order valence-corrected chi connectivity index (χ0v) is 8.42. The molecule has 0 radical (unpaired) electrons. The summed E-state index contributed by atoms with van der Waals surface area (Å²) in [4.78, 5) is 2.31. The molecule has 1 aliphatic rings. The third-order valence-electron chi connectivity index (χ3n) is 2.12. The molecule has 4 nitrogen and oxygen atoms in total. The average molecular weight is 185 g/mol. The van der Waals surface area contributed by atoms with Gasteiger partial charge in [0.15, 0.2) is 0 Å². The summed E-state index contributed by atoms with van der Waals surface area (Å²) in [7, 11) is 0. The number of nitrogens with zero attached hydrogens (tertiary/aromatic N) is 1. The highest BCUT2D eigenvalue weighted by molar-refractivity contribution is 5.82. The van der Waals surface area contributed by atoms with Crippen molar-refractivity contribution in [3.05, 3.63) is 0 Å². The van der Waals surface area contributed by atoms with Crippen LogP contribution in [0.25, 0.3) is 0 Å². The molecule has 76 valence electrons. The summed E-state index contributed by atoms with van der Waals surface area (Å²) in [5, 5.41) is 7.29. The van der Waals surface area contributed by atoms with Crippen LogP contribution in [0.5, 0.6) is 0 Å². The molecule has 1 saturated heterocycles. The maximum atomic E-state index is 7.29. The molecule has 0 amide bonds. The van der Waals surface area contributed by atoms with Gasteiger partial charge >= 0.3 is 0 Å². The van der Waals surface area contributed by atoms with E-state index in [0.29, 0.717) is 12.5 Å².